The molecule has 0 atom stereocenters. The van der Waals surface area contributed by atoms with Gasteiger partial charge in [0.15, 0.2) is 6.61 Å². The number of nitrogens with zero attached hydrogens (tertiary/aromatic N) is 2. The maximum atomic E-state index is 12.8. The molecule has 0 N–H and O–H groups in total. The molecule has 1 saturated heterocycles. The Morgan fingerprint density at radius 3 is 2.41 bits per heavy atom. The van der Waals surface area contributed by atoms with E-state index in [1.807, 2.05) is 32.0 Å². The zero-order valence-electron chi connectivity index (χ0n) is 16.4. The molecule has 29 heavy (non-hydrogen) atoms. The number of carbonyl (C=O) groups excluding carboxylic acids is 2. The van der Waals surface area contributed by atoms with Gasteiger partial charge in [0.1, 0.15) is 9.77 Å². The molecule has 0 spiro atoms. The average Bonchev–Trinajstić information content (AvgIpc) is 3.39. The van der Waals surface area contributed by atoms with Crippen LogP contribution < -0.4 is 4.90 Å². The molecule has 0 unspecified atom stereocenters. The number of carbonyl (C=O) groups is 2. The van der Waals surface area contributed by atoms with Gasteiger partial charge < -0.3 is 9.64 Å². The Morgan fingerprint density at radius 2 is 1.79 bits per heavy atom. The average molecular weight is 437 g/mol. The molecule has 0 saturated carbocycles. The van der Waals surface area contributed by atoms with E-state index in [0.29, 0.717) is 18.8 Å². The fourth-order valence-electron chi connectivity index (χ4n) is 3.30. The molecule has 2 heterocycles. The van der Waals surface area contributed by atoms with E-state index in [2.05, 4.69) is 0 Å². The first-order valence-corrected chi connectivity index (χ1v) is 11.8. The van der Waals surface area contributed by atoms with Crippen molar-refractivity contribution < 1.29 is 22.7 Å². The fourth-order valence-corrected chi connectivity index (χ4v) is 6.10. The quantitative estimate of drug-likeness (QED) is 0.623. The molecule has 1 aromatic carbocycles. The van der Waals surface area contributed by atoms with Gasteiger partial charge >= 0.3 is 5.97 Å². The molecule has 1 aromatic heterocycles. The molecule has 0 radical (unpaired) electrons. The van der Waals surface area contributed by atoms with Crippen molar-refractivity contribution in [1.29, 1.82) is 0 Å². The first-order valence-electron chi connectivity index (χ1n) is 9.44. The zero-order valence-corrected chi connectivity index (χ0v) is 18.0. The number of esters is 1. The maximum Gasteiger partial charge on any atom is 0.350 e. The molecule has 7 nitrogen and oxygen atoms in total. The smallest absolute Gasteiger partial charge is 0.350 e. The predicted octanol–water partition coefficient (Wildman–Crippen LogP) is 3.13. The van der Waals surface area contributed by atoms with Crippen LogP contribution in [0.1, 0.15) is 36.4 Å². The van der Waals surface area contributed by atoms with Gasteiger partial charge in [-0.05, 0) is 50.3 Å². The molecule has 156 valence electrons. The summed E-state index contributed by atoms with van der Waals surface area (Å²) < 4.78 is 32.2. The topological polar surface area (TPSA) is 84.0 Å². The van der Waals surface area contributed by atoms with Crippen molar-refractivity contribution in [2.45, 2.75) is 37.6 Å². The molecule has 9 heteroatoms. The zero-order chi connectivity index (χ0) is 21.0. The molecular weight excluding hydrogens is 412 g/mol. The van der Waals surface area contributed by atoms with E-state index >= 15 is 0 Å². The molecule has 2 aromatic rings. The third-order valence-electron chi connectivity index (χ3n) is 4.64. The third kappa shape index (κ3) is 4.68. The second kappa shape index (κ2) is 9.06. The molecule has 1 amide bonds. The van der Waals surface area contributed by atoms with Crippen molar-refractivity contribution in [2.75, 3.05) is 24.6 Å². The van der Waals surface area contributed by atoms with Gasteiger partial charge in [0.05, 0.1) is 0 Å². The molecular formula is C20H24N2O5S2. The summed E-state index contributed by atoms with van der Waals surface area (Å²) >= 11 is 1.00. The number of rotatable bonds is 7. The number of hydrogen-bond donors (Lipinski definition) is 0. The van der Waals surface area contributed by atoms with Crippen molar-refractivity contribution in [3.05, 3.63) is 46.7 Å². The highest BCUT2D eigenvalue weighted by Crippen LogP contribution is 2.28. The summed E-state index contributed by atoms with van der Waals surface area (Å²) in [5, 5.41) is 1.55. The van der Waals surface area contributed by atoms with E-state index in [1.165, 1.54) is 10.4 Å². The van der Waals surface area contributed by atoms with E-state index in [0.717, 1.165) is 24.2 Å². The second-order valence-corrected chi connectivity index (χ2v) is 9.82. The summed E-state index contributed by atoms with van der Waals surface area (Å²) in [4.78, 5) is 26.7. The second-order valence-electron chi connectivity index (χ2n) is 6.99. The Labute approximate surface area is 174 Å². The van der Waals surface area contributed by atoms with Crippen LogP contribution in [-0.4, -0.2) is 50.3 Å². The van der Waals surface area contributed by atoms with Crippen LogP contribution in [0.2, 0.25) is 0 Å². The summed E-state index contributed by atoms with van der Waals surface area (Å²) in [5.74, 6) is -1.18. The molecule has 0 aliphatic carbocycles. The van der Waals surface area contributed by atoms with Gasteiger partial charge in [-0.1, -0.05) is 18.2 Å². The molecule has 1 fully saturated rings. The lowest BCUT2D eigenvalue weighted by atomic mass is 10.2. The van der Waals surface area contributed by atoms with Gasteiger partial charge in [-0.2, -0.15) is 4.31 Å². The van der Waals surface area contributed by atoms with E-state index in [1.54, 1.807) is 22.4 Å². The minimum atomic E-state index is -3.73. The third-order valence-corrected chi connectivity index (χ3v) is 7.61. The highest BCUT2D eigenvalue weighted by Gasteiger charge is 2.32. The van der Waals surface area contributed by atoms with Crippen LogP contribution in [0, 0.1) is 0 Å². The SMILES string of the molecule is CC(C)N(C(=O)COC(=O)c1sccc1S(=O)(=O)N1CCCC1)c1ccccc1. The first kappa shape index (κ1) is 21.5. The van der Waals surface area contributed by atoms with Crippen LogP contribution in [0.4, 0.5) is 5.69 Å². The Bertz CT molecular complexity index is 964. The highest BCUT2D eigenvalue weighted by atomic mass is 32.2. The Balaban J connectivity index is 1.72. The number of thiophene rings is 1. The monoisotopic (exact) mass is 436 g/mol. The Kier molecular flexibility index (Phi) is 6.71. The van der Waals surface area contributed by atoms with Gasteiger partial charge in [-0.25, -0.2) is 13.2 Å². The summed E-state index contributed by atoms with van der Waals surface area (Å²) in [5.41, 5.74) is 0.706. The minimum Gasteiger partial charge on any atom is -0.451 e. The summed E-state index contributed by atoms with van der Waals surface area (Å²) in [7, 11) is -3.73. The Morgan fingerprint density at radius 1 is 1.14 bits per heavy atom. The van der Waals surface area contributed by atoms with Crippen molar-refractivity contribution in [3.63, 3.8) is 0 Å². The summed E-state index contributed by atoms with van der Waals surface area (Å²) in [6.07, 6.45) is 1.62. The van der Waals surface area contributed by atoms with Crippen LogP contribution in [0.25, 0.3) is 0 Å². The van der Waals surface area contributed by atoms with E-state index in [4.69, 9.17) is 4.74 Å². The van der Waals surface area contributed by atoms with Crippen LogP contribution in [0.3, 0.4) is 0 Å². The number of sulfonamides is 1. The van der Waals surface area contributed by atoms with Crippen LogP contribution >= 0.6 is 11.3 Å². The van der Waals surface area contributed by atoms with Crippen LogP contribution in [0.5, 0.6) is 0 Å². The van der Waals surface area contributed by atoms with E-state index < -0.39 is 22.6 Å². The Hall–Kier alpha value is -2.23. The lowest BCUT2D eigenvalue weighted by molar-refractivity contribution is -0.122. The van der Waals surface area contributed by atoms with Crippen molar-refractivity contribution in [2.24, 2.45) is 0 Å². The lowest BCUT2D eigenvalue weighted by Crippen LogP contribution is -2.40. The fraction of sp³-hybridized carbons (Fsp3) is 0.400. The van der Waals surface area contributed by atoms with Crippen molar-refractivity contribution in [1.82, 2.24) is 4.31 Å². The standard InChI is InChI=1S/C20H24N2O5S2/c1-15(2)22(16-8-4-3-5-9-16)18(23)14-27-20(24)19-17(10-13-28-19)29(25,26)21-11-6-7-12-21/h3-5,8-10,13,15H,6-7,11-12,14H2,1-2H3. The number of anilines is 1. The number of benzene rings is 1. The number of para-hydroxylation sites is 1. The van der Waals surface area contributed by atoms with Crippen molar-refractivity contribution >= 4 is 38.9 Å². The molecule has 3 rings (SSSR count). The first-order chi connectivity index (χ1) is 13.8. The van der Waals surface area contributed by atoms with Gasteiger partial charge in [-0.15, -0.1) is 11.3 Å². The van der Waals surface area contributed by atoms with Gasteiger partial charge in [0, 0.05) is 24.8 Å². The van der Waals surface area contributed by atoms with Gasteiger partial charge in [-0.3, -0.25) is 4.79 Å². The number of ether oxygens (including phenoxy) is 1. The minimum absolute atomic E-state index is 0.000470. The van der Waals surface area contributed by atoms with Crippen LogP contribution in [-0.2, 0) is 19.6 Å². The maximum absolute atomic E-state index is 12.8. The van der Waals surface area contributed by atoms with Gasteiger partial charge in [0.25, 0.3) is 5.91 Å². The van der Waals surface area contributed by atoms with Crippen LogP contribution in [0.15, 0.2) is 46.7 Å². The molecule has 0 bridgehead atoms. The largest absolute Gasteiger partial charge is 0.451 e. The number of hydrogen-bond acceptors (Lipinski definition) is 6. The predicted molar refractivity (Wildman–Crippen MR) is 112 cm³/mol. The van der Waals surface area contributed by atoms with E-state index in [-0.39, 0.29) is 21.7 Å². The highest BCUT2D eigenvalue weighted by molar-refractivity contribution is 7.89. The number of amides is 1. The normalized spacial score (nSPS) is 14.9. The van der Waals surface area contributed by atoms with Crippen molar-refractivity contribution in [3.8, 4) is 0 Å². The summed E-state index contributed by atoms with van der Waals surface area (Å²) in [6.45, 7) is 4.17. The molecule has 1 aliphatic rings. The lowest BCUT2D eigenvalue weighted by Gasteiger charge is -2.26. The molecule has 1 aliphatic heterocycles. The summed E-state index contributed by atoms with van der Waals surface area (Å²) in [6, 6.07) is 10.4. The van der Waals surface area contributed by atoms with Gasteiger partial charge in [0.2, 0.25) is 10.0 Å². The van der Waals surface area contributed by atoms with E-state index in [9.17, 15) is 18.0 Å².